The Hall–Kier alpha value is 0.270. The molecule has 0 nitrogen and oxygen atoms in total. The van der Waals surface area contributed by atoms with Crippen LogP contribution < -0.4 is 0 Å². The standard InChI is InChI=1S/C7H7BrS2/c1-2-5-9-7-4-3-6(8)10-7/h2-4H,1,5H2. The molecule has 0 spiro atoms. The van der Waals surface area contributed by atoms with Gasteiger partial charge in [-0.3, -0.25) is 0 Å². The van der Waals surface area contributed by atoms with Crippen molar-refractivity contribution in [1.29, 1.82) is 0 Å². The Bertz CT molecular complexity index is 217. The van der Waals surface area contributed by atoms with Crippen molar-refractivity contribution in [3.05, 3.63) is 28.6 Å². The Kier molecular flexibility index (Phi) is 3.52. The second-order valence-electron chi connectivity index (χ2n) is 1.66. The fourth-order valence-electron chi connectivity index (χ4n) is 0.516. The van der Waals surface area contributed by atoms with Gasteiger partial charge in [0.15, 0.2) is 0 Å². The van der Waals surface area contributed by atoms with E-state index in [4.69, 9.17) is 0 Å². The van der Waals surface area contributed by atoms with Crippen LogP contribution in [-0.2, 0) is 0 Å². The molecule has 1 rings (SSSR count). The first kappa shape index (κ1) is 8.37. The monoisotopic (exact) mass is 234 g/mol. The van der Waals surface area contributed by atoms with Gasteiger partial charge in [-0.15, -0.1) is 29.7 Å². The quantitative estimate of drug-likeness (QED) is 0.567. The minimum Gasteiger partial charge on any atom is -0.122 e. The van der Waals surface area contributed by atoms with E-state index in [1.165, 1.54) is 8.00 Å². The SMILES string of the molecule is C=CCSc1ccc(Br)s1. The Balaban J connectivity index is 2.49. The predicted molar refractivity (Wildman–Crippen MR) is 52.9 cm³/mol. The highest BCUT2D eigenvalue weighted by Gasteiger charge is 1.94. The molecular formula is C7H7BrS2. The lowest BCUT2D eigenvalue weighted by atomic mass is 10.7. The largest absolute Gasteiger partial charge is 0.122 e. The topological polar surface area (TPSA) is 0 Å². The first-order chi connectivity index (χ1) is 4.83. The average molecular weight is 235 g/mol. The molecule has 10 heavy (non-hydrogen) atoms. The lowest BCUT2D eigenvalue weighted by Gasteiger charge is -1.88. The molecule has 54 valence electrons. The van der Waals surface area contributed by atoms with Gasteiger partial charge >= 0.3 is 0 Å². The van der Waals surface area contributed by atoms with E-state index in [1.54, 1.807) is 11.3 Å². The van der Waals surface area contributed by atoms with Gasteiger partial charge < -0.3 is 0 Å². The molecule has 0 amide bonds. The zero-order valence-electron chi connectivity index (χ0n) is 5.34. The first-order valence-corrected chi connectivity index (χ1v) is 5.41. The molecule has 0 radical (unpaired) electrons. The van der Waals surface area contributed by atoms with Crippen LogP contribution in [-0.4, -0.2) is 5.75 Å². The Morgan fingerprint density at radius 3 is 3.00 bits per heavy atom. The lowest BCUT2D eigenvalue weighted by molar-refractivity contribution is 1.70. The number of rotatable bonds is 3. The fourth-order valence-corrected chi connectivity index (χ4v) is 3.11. The molecule has 0 bridgehead atoms. The summed E-state index contributed by atoms with van der Waals surface area (Å²) in [5.74, 6) is 0.993. The van der Waals surface area contributed by atoms with Gasteiger partial charge in [0.25, 0.3) is 0 Å². The van der Waals surface area contributed by atoms with Crippen LogP contribution in [0.15, 0.2) is 32.8 Å². The highest BCUT2D eigenvalue weighted by molar-refractivity contribution is 9.11. The van der Waals surface area contributed by atoms with Gasteiger partial charge in [-0.05, 0) is 28.1 Å². The zero-order valence-corrected chi connectivity index (χ0v) is 8.56. The molecule has 0 aliphatic heterocycles. The maximum Gasteiger partial charge on any atom is 0.0710 e. The van der Waals surface area contributed by atoms with E-state index >= 15 is 0 Å². The Morgan fingerprint density at radius 2 is 2.50 bits per heavy atom. The van der Waals surface area contributed by atoms with E-state index in [9.17, 15) is 0 Å². The second kappa shape index (κ2) is 4.21. The number of hydrogen-bond acceptors (Lipinski definition) is 2. The second-order valence-corrected chi connectivity index (χ2v) is 5.44. The number of thiophene rings is 1. The van der Waals surface area contributed by atoms with Crippen LogP contribution in [0, 0.1) is 0 Å². The fraction of sp³-hybridized carbons (Fsp3) is 0.143. The maximum absolute atomic E-state index is 3.65. The molecule has 1 aromatic heterocycles. The average Bonchev–Trinajstić information content (AvgIpc) is 2.31. The normalized spacial score (nSPS) is 9.70. The summed E-state index contributed by atoms with van der Waals surface area (Å²) in [7, 11) is 0. The highest BCUT2D eigenvalue weighted by Crippen LogP contribution is 2.30. The van der Waals surface area contributed by atoms with Crippen molar-refractivity contribution in [2.24, 2.45) is 0 Å². The van der Waals surface area contributed by atoms with E-state index in [0.717, 1.165) is 5.75 Å². The third-order valence-electron chi connectivity index (χ3n) is 0.892. The van der Waals surface area contributed by atoms with Gasteiger partial charge in [0.05, 0.1) is 8.00 Å². The van der Waals surface area contributed by atoms with Crippen molar-refractivity contribution in [1.82, 2.24) is 0 Å². The molecule has 0 saturated carbocycles. The van der Waals surface area contributed by atoms with Gasteiger partial charge in [0.1, 0.15) is 0 Å². The smallest absolute Gasteiger partial charge is 0.0710 e. The molecule has 0 aliphatic carbocycles. The van der Waals surface area contributed by atoms with Crippen molar-refractivity contribution in [2.75, 3.05) is 5.75 Å². The summed E-state index contributed by atoms with van der Waals surface area (Å²) < 4.78 is 2.53. The van der Waals surface area contributed by atoms with Crippen molar-refractivity contribution in [2.45, 2.75) is 4.21 Å². The molecule has 0 unspecified atom stereocenters. The van der Waals surface area contributed by atoms with Crippen molar-refractivity contribution >= 4 is 39.0 Å². The van der Waals surface area contributed by atoms with Crippen LogP contribution in [0.1, 0.15) is 0 Å². The Labute approximate surface area is 77.5 Å². The summed E-state index contributed by atoms with van der Waals surface area (Å²) in [6.45, 7) is 3.65. The number of hydrogen-bond donors (Lipinski definition) is 0. The molecule has 3 heteroatoms. The van der Waals surface area contributed by atoms with E-state index in [1.807, 2.05) is 17.8 Å². The minimum absolute atomic E-state index is 0.993. The summed E-state index contributed by atoms with van der Waals surface area (Å²) in [5, 5.41) is 0. The van der Waals surface area contributed by atoms with E-state index < -0.39 is 0 Å². The summed E-state index contributed by atoms with van der Waals surface area (Å²) in [4.78, 5) is 0. The van der Waals surface area contributed by atoms with E-state index in [0.29, 0.717) is 0 Å². The van der Waals surface area contributed by atoms with Crippen LogP contribution >= 0.6 is 39.0 Å². The summed E-state index contributed by atoms with van der Waals surface area (Å²) in [5.41, 5.74) is 0. The molecule has 0 saturated heterocycles. The molecule has 0 fully saturated rings. The van der Waals surface area contributed by atoms with Crippen molar-refractivity contribution < 1.29 is 0 Å². The highest BCUT2D eigenvalue weighted by atomic mass is 79.9. The number of halogens is 1. The molecule has 0 atom stereocenters. The van der Waals surface area contributed by atoms with E-state index in [-0.39, 0.29) is 0 Å². The molecular weight excluding hydrogens is 228 g/mol. The van der Waals surface area contributed by atoms with Crippen LogP contribution in [0.3, 0.4) is 0 Å². The number of thioether (sulfide) groups is 1. The van der Waals surface area contributed by atoms with Crippen molar-refractivity contribution in [3.8, 4) is 0 Å². The molecule has 0 aliphatic rings. The summed E-state index contributed by atoms with van der Waals surface area (Å²) in [6.07, 6.45) is 1.91. The molecule has 0 N–H and O–H groups in total. The van der Waals surface area contributed by atoms with Gasteiger partial charge in [-0.2, -0.15) is 0 Å². The summed E-state index contributed by atoms with van der Waals surface area (Å²) >= 11 is 6.97. The van der Waals surface area contributed by atoms with Gasteiger partial charge in [-0.1, -0.05) is 6.08 Å². The molecule has 0 aromatic carbocycles. The Morgan fingerprint density at radius 1 is 1.70 bits per heavy atom. The van der Waals surface area contributed by atoms with Crippen LogP contribution in [0.2, 0.25) is 0 Å². The zero-order chi connectivity index (χ0) is 7.40. The van der Waals surface area contributed by atoms with Crippen LogP contribution in [0.4, 0.5) is 0 Å². The molecule has 1 aromatic rings. The minimum atomic E-state index is 0.993. The summed E-state index contributed by atoms with van der Waals surface area (Å²) in [6, 6.07) is 4.18. The third kappa shape index (κ3) is 2.48. The lowest BCUT2D eigenvalue weighted by Crippen LogP contribution is -1.63. The maximum atomic E-state index is 3.65. The van der Waals surface area contributed by atoms with Gasteiger partial charge in [0.2, 0.25) is 0 Å². The van der Waals surface area contributed by atoms with Crippen LogP contribution in [0.25, 0.3) is 0 Å². The van der Waals surface area contributed by atoms with Crippen molar-refractivity contribution in [3.63, 3.8) is 0 Å². The third-order valence-corrected chi connectivity index (χ3v) is 3.74. The van der Waals surface area contributed by atoms with Crippen LogP contribution in [0.5, 0.6) is 0 Å². The first-order valence-electron chi connectivity index (χ1n) is 2.82. The molecule has 1 heterocycles. The van der Waals surface area contributed by atoms with Gasteiger partial charge in [-0.25, -0.2) is 0 Å². The van der Waals surface area contributed by atoms with E-state index in [2.05, 4.69) is 34.6 Å². The van der Waals surface area contributed by atoms with Gasteiger partial charge in [0, 0.05) is 5.75 Å². The predicted octanol–water partition coefficient (Wildman–Crippen LogP) is 3.79.